The number of halogens is 1. The number of Topliss-reactive ketones (excluding diaryl/α,β-unsaturated/α-hetero) is 1. The SMILES string of the molecule is O=C(/C(=C/c1ccccc1)CBr)c1ccccc1. The molecule has 0 atom stereocenters. The number of ketones is 1. The number of carbonyl (C=O) groups is 1. The number of alkyl halides is 1. The Hall–Kier alpha value is -1.67. The molecule has 0 saturated heterocycles. The van der Waals surface area contributed by atoms with Gasteiger partial charge in [0, 0.05) is 16.5 Å². The van der Waals surface area contributed by atoms with Gasteiger partial charge in [-0.3, -0.25) is 4.79 Å². The van der Waals surface area contributed by atoms with Gasteiger partial charge in [-0.2, -0.15) is 0 Å². The van der Waals surface area contributed by atoms with Crippen LogP contribution < -0.4 is 0 Å². The Kier molecular flexibility index (Phi) is 4.48. The van der Waals surface area contributed by atoms with E-state index in [4.69, 9.17) is 0 Å². The quantitative estimate of drug-likeness (QED) is 0.466. The standard InChI is InChI=1S/C16H13BrO/c17-12-15(11-13-7-3-1-4-8-13)16(18)14-9-5-2-6-10-14/h1-11H,12H2/b15-11+. The van der Waals surface area contributed by atoms with Gasteiger partial charge in [-0.25, -0.2) is 0 Å². The minimum absolute atomic E-state index is 0.0660. The highest BCUT2D eigenvalue weighted by molar-refractivity contribution is 9.09. The van der Waals surface area contributed by atoms with Crippen molar-refractivity contribution in [3.63, 3.8) is 0 Å². The molecule has 0 amide bonds. The number of rotatable bonds is 4. The predicted octanol–water partition coefficient (Wildman–Crippen LogP) is 4.35. The van der Waals surface area contributed by atoms with Gasteiger partial charge in [0.2, 0.25) is 0 Å². The second-order valence-electron chi connectivity index (χ2n) is 3.91. The van der Waals surface area contributed by atoms with Gasteiger partial charge in [0.05, 0.1) is 0 Å². The van der Waals surface area contributed by atoms with Gasteiger partial charge in [0.1, 0.15) is 0 Å². The molecule has 2 rings (SSSR count). The van der Waals surface area contributed by atoms with Crippen molar-refractivity contribution in [1.82, 2.24) is 0 Å². The summed E-state index contributed by atoms with van der Waals surface area (Å²) in [4.78, 5) is 12.3. The second-order valence-corrected chi connectivity index (χ2v) is 4.47. The number of carbonyl (C=O) groups excluding carboxylic acids is 1. The van der Waals surface area contributed by atoms with Crippen LogP contribution in [0.5, 0.6) is 0 Å². The fourth-order valence-corrected chi connectivity index (χ4v) is 2.11. The molecule has 2 aromatic carbocycles. The number of hydrogen-bond acceptors (Lipinski definition) is 1. The molecular formula is C16H13BrO. The summed E-state index contributed by atoms with van der Waals surface area (Å²) in [6, 6.07) is 19.2. The molecule has 0 aliphatic rings. The van der Waals surface area contributed by atoms with E-state index in [0.29, 0.717) is 5.33 Å². The lowest BCUT2D eigenvalue weighted by Crippen LogP contribution is -2.04. The highest BCUT2D eigenvalue weighted by Crippen LogP contribution is 2.14. The Morgan fingerprint density at radius 1 is 0.944 bits per heavy atom. The Morgan fingerprint density at radius 3 is 2.06 bits per heavy atom. The van der Waals surface area contributed by atoms with Crippen LogP contribution in [0.3, 0.4) is 0 Å². The molecule has 0 unspecified atom stereocenters. The molecule has 18 heavy (non-hydrogen) atoms. The summed E-state index contributed by atoms with van der Waals surface area (Å²) in [5.74, 6) is 0.0660. The lowest BCUT2D eigenvalue weighted by atomic mass is 10.0. The van der Waals surface area contributed by atoms with E-state index < -0.39 is 0 Å². The van der Waals surface area contributed by atoms with E-state index in [1.165, 1.54) is 0 Å². The molecule has 0 saturated carbocycles. The summed E-state index contributed by atoms with van der Waals surface area (Å²) in [6.07, 6.45) is 1.92. The van der Waals surface area contributed by atoms with Gasteiger partial charge < -0.3 is 0 Å². The third-order valence-electron chi connectivity index (χ3n) is 2.61. The molecule has 0 heterocycles. The molecule has 90 valence electrons. The van der Waals surface area contributed by atoms with E-state index in [9.17, 15) is 4.79 Å². The van der Waals surface area contributed by atoms with E-state index in [-0.39, 0.29) is 5.78 Å². The van der Waals surface area contributed by atoms with E-state index in [1.807, 2.05) is 66.7 Å². The number of allylic oxidation sites excluding steroid dienone is 1. The molecule has 2 heteroatoms. The van der Waals surface area contributed by atoms with E-state index in [1.54, 1.807) is 0 Å². The second kappa shape index (κ2) is 6.31. The monoisotopic (exact) mass is 300 g/mol. The number of benzene rings is 2. The highest BCUT2D eigenvalue weighted by atomic mass is 79.9. The maximum absolute atomic E-state index is 12.3. The van der Waals surface area contributed by atoms with Crippen LogP contribution in [-0.2, 0) is 0 Å². The topological polar surface area (TPSA) is 17.1 Å². The van der Waals surface area contributed by atoms with Crippen LogP contribution in [-0.4, -0.2) is 11.1 Å². The molecular weight excluding hydrogens is 288 g/mol. The molecule has 2 aromatic rings. The summed E-state index contributed by atoms with van der Waals surface area (Å²) in [6.45, 7) is 0. The molecule has 0 radical (unpaired) electrons. The number of hydrogen-bond donors (Lipinski definition) is 0. The van der Waals surface area contributed by atoms with Crippen molar-refractivity contribution in [1.29, 1.82) is 0 Å². The van der Waals surface area contributed by atoms with Gasteiger partial charge in [-0.05, 0) is 11.6 Å². The first-order valence-electron chi connectivity index (χ1n) is 5.72. The maximum Gasteiger partial charge on any atom is 0.189 e. The first-order valence-corrected chi connectivity index (χ1v) is 6.85. The summed E-state index contributed by atoms with van der Waals surface area (Å²) in [7, 11) is 0. The van der Waals surface area contributed by atoms with Crippen molar-refractivity contribution in [2.24, 2.45) is 0 Å². The fraction of sp³-hybridized carbons (Fsp3) is 0.0625. The first kappa shape index (κ1) is 12.8. The van der Waals surface area contributed by atoms with Gasteiger partial charge in [0.25, 0.3) is 0 Å². The molecule has 0 aromatic heterocycles. The Bertz CT molecular complexity index is 544. The normalized spacial score (nSPS) is 11.3. The van der Waals surface area contributed by atoms with Crippen LogP contribution in [0, 0.1) is 0 Å². The largest absolute Gasteiger partial charge is 0.289 e. The van der Waals surface area contributed by atoms with Gasteiger partial charge in [0.15, 0.2) is 5.78 Å². The average molecular weight is 301 g/mol. The Balaban J connectivity index is 2.30. The molecule has 0 spiro atoms. The van der Waals surface area contributed by atoms with Gasteiger partial charge >= 0.3 is 0 Å². The van der Waals surface area contributed by atoms with Crippen molar-refractivity contribution in [2.45, 2.75) is 0 Å². The first-order chi connectivity index (χ1) is 8.81. The third kappa shape index (κ3) is 3.17. The van der Waals surface area contributed by atoms with Crippen LogP contribution in [0.2, 0.25) is 0 Å². The van der Waals surface area contributed by atoms with Crippen molar-refractivity contribution >= 4 is 27.8 Å². The molecule has 0 aliphatic carbocycles. The smallest absolute Gasteiger partial charge is 0.189 e. The summed E-state index contributed by atoms with van der Waals surface area (Å²) >= 11 is 3.38. The molecule has 0 N–H and O–H groups in total. The average Bonchev–Trinajstić information content (AvgIpc) is 2.46. The molecule has 1 nitrogen and oxygen atoms in total. The van der Waals surface area contributed by atoms with Crippen molar-refractivity contribution in [2.75, 3.05) is 5.33 Å². The van der Waals surface area contributed by atoms with Crippen molar-refractivity contribution in [3.8, 4) is 0 Å². The Morgan fingerprint density at radius 2 is 1.50 bits per heavy atom. The van der Waals surface area contributed by atoms with E-state index >= 15 is 0 Å². The van der Waals surface area contributed by atoms with E-state index in [0.717, 1.165) is 16.7 Å². The van der Waals surface area contributed by atoms with Gasteiger partial charge in [-0.1, -0.05) is 76.6 Å². The molecule has 0 bridgehead atoms. The molecule has 0 aliphatic heterocycles. The zero-order chi connectivity index (χ0) is 12.8. The fourth-order valence-electron chi connectivity index (χ4n) is 1.69. The van der Waals surface area contributed by atoms with Crippen molar-refractivity contribution < 1.29 is 4.79 Å². The highest BCUT2D eigenvalue weighted by Gasteiger charge is 2.10. The van der Waals surface area contributed by atoms with E-state index in [2.05, 4.69) is 15.9 Å². The molecule has 0 fully saturated rings. The zero-order valence-electron chi connectivity index (χ0n) is 9.84. The van der Waals surface area contributed by atoms with Crippen LogP contribution in [0.4, 0.5) is 0 Å². The maximum atomic E-state index is 12.3. The van der Waals surface area contributed by atoms with Crippen LogP contribution in [0.15, 0.2) is 66.2 Å². The van der Waals surface area contributed by atoms with Gasteiger partial charge in [-0.15, -0.1) is 0 Å². The third-order valence-corrected chi connectivity index (χ3v) is 3.22. The van der Waals surface area contributed by atoms with Crippen LogP contribution >= 0.6 is 15.9 Å². The minimum atomic E-state index is 0.0660. The summed E-state index contributed by atoms with van der Waals surface area (Å²) in [5.41, 5.74) is 2.52. The Labute approximate surface area is 115 Å². The zero-order valence-corrected chi connectivity index (χ0v) is 11.4. The summed E-state index contributed by atoms with van der Waals surface area (Å²) < 4.78 is 0. The van der Waals surface area contributed by atoms with Crippen molar-refractivity contribution in [3.05, 3.63) is 77.4 Å². The van der Waals surface area contributed by atoms with Crippen LogP contribution in [0.25, 0.3) is 6.08 Å². The van der Waals surface area contributed by atoms with Crippen LogP contribution in [0.1, 0.15) is 15.9 Å². The lowest BCUT2D eigenvalue weighted by molar-refractivity contribution is 0.103. The predicted molar refractivity (Wildman–Crippen MR) is 79.0 cm³/mol. The summed E-state index contributed by atoms with van der Waals surface area (Å²) in [5, 5.41) is 0.551. The minimum Gasteiger partial charge on any atom is -0.289 e. The lowest BCUT2D eigenvalue weighted by Gasteiger charge is -2.03.